The highest BCUT2D eigenvalue weighted by atomic mass is 32.2. The number of nitrogen functional groups attached to an aromatic ring is 1. The molecular weight excluding hydrogens is 433 g/mol. The second kappa shape index (κ2) is 7.17. The van der Waals surface area contributed by atoms with Gasteiger partial charge in [-0.05, 0) is 56.2 Å². The van der Waals surface area contributed by atoms with E-state index in [0.717, 1.165) is 20.9 Å². The fourth-order valence-corrected chi connectivity index (χ4v) is 7.65. The molecule has 2 heterocycles. The van der Waals surface area contributed by atoms with Crippen LogP contribution in [0.1, 0.15) is 29.9 Å². The van der Waals surface area contributed by atoms with Gasteiger partial charge in [0.05, 0.1) is 5.75 Å². The van der Waals surface area contributed by atoms with E-state index in [1.807, 2.05) is 37.3 Å². The number of hydrogen-bond acceptors (Lipinski definition) is 6. The first-order valence-electron chi connectivity index (χ1n) is 9.78. The average molecular weight is 458 g/mol. The second-order valence-electron chi connectivity index (χ2n) is 8.29. The highest BCUT2D eigenvalue weighted by molar-refractivity contribution is 7.93. The largest absolute Gasteiger partial charge is 0.399 e. The molecule has 2 aromatic carbocycles. The number of aliphatic imine (C=N–C) groups is 1. The van der Waals surface area contributed by atoms with Gasteiger partial charge in [0.2, 0.25) is 0 Å². The van der Waals surface area contributed by atoms with Crippen LogP contribution in [-0.4, -0.2) is 20.0 Å². The molecule has 2 atom stereocenters. The quantitative estimate of drug-likeness (QED) is 0.571. The Balaban J connectivity index is 1.85. The molecule has 0 fully saturated rings. The number of nitrogens with two attached hydrogens (primary N) is 2. The molecule has 8 heteroatoms. The minimum absolute atomic E-state index is 0.0154. The van der Waals surface area contributed by atoms with E-state index in [9.17, 15) is 12.8 Å². The zero-order valence-corrected chi connectivity index (χ0v) is 19.1. The maximum Gasteiger partial charge on any atom is 0.169 e. The third kappa shape index (κ3) is 3.34. The predicted molar refractivity (Wildman–Crippen MR) is 125 cm³/mol. The van der Waals surface area contributed by atoms with Crippen LogP contribution in [-0.2, 0) is 20.1 Å². The molecule has 1 aliphatic rings. The van der Waals surface area contributed by atoms with Crippen LogP contribution in [0.4, 0.5) is 10.1 Å². The topological polar surface area (TPSA) is 98.5 Å². The van der Waals surface area contributed by atoms with Crippen molar-refractivity contribution in [3.8, 4) is 10.4 Å². The van der Waals surface area contributed by atoms with Crippen molar-refractivity contribution in [2.24, 2.45) is 10.7 Å². The van der Waals surface area contributed by atoms with E-state index in [0.29, 0.717) is 5.69 Å². The number of aryl methyl sites for hydroxylation is 1. The van der Waals surface area contributed by atoms with E-state index in [1.54, 1.807) is 13.0 Å². The molecule has 0 bridgehead atoms. The lowest BCUT2D eigenvalue weighted by molar-refractivity contribution is 0.496. The zero-order chi connectivity index (χ0) is 22.6. The number of sulfone groups is 1. The van der Waals surface area contributed by atoms with Crippen LogP contribution in [0.3, 0.4) is 0 Å². The monoisotopic (exact) mass is 457 g/mol. The highest BCUT2D eigenvalue weighted by Crippen LogP contribution is 2.46. The molecule has 3 aromatic rings. The first kappa shape index (κ1) is 21.5. The first-order chi connectivity index (χ1) is 14.5. The lowest BCUT2D eigenvalue weighted by Crippen LogP contribution is -2.54. The van der Waals surface area contributed by atoms with Crippen molar-refractivity contribution in [1.29, 1.82) is 0 Å². The lowest BCUT2D eigenvalue weighted by atomic mass is 9.95. The smallest absolute Gasteiger partial charge is 0.169 e. The summed E-state index contributed by atoms with van der Waals surface area (Å²) in [7, 11) is -3.89. The van der Waals surface area contributed by atoms with Crippen molar-refractivity contribution in [1.82, 2.24) is 0 Å². The molecule has 162 valence electrons. The number of halogens is 1. The number of nitrogens with zero attached hydrogens (tertiary/aromatic N) is 1. The number of hydrogen-bond donors (Lipinski definition) is 2. The molecule has 4 N–H and O–H groups in total. The summed E-state index contributed by atoms with van der Waals surface area (Å²) in [5, 5.41) is 0. The van der Waals surface area contributed by atoms with E-state index >= 15 is 0 Å². The van der Waals surface area contributed by atoms with Crippen molar-refractivity contribution in [2.75, 3.05) is 11.5 Å². The van der Waals surface area contributed by atoms with Gasteiger partial charge in [-0.2, -0.15) is 0 Å². The van der Waals surface area contributed by atoms with Crippen LogP contribution in [0.5, 0.6) is 0 Å². The molecule has 5 nitrogen and oxygen atoms in total. The minimum atomic E-state index is -3.89. The fourth-order valence-electron chi connectivity index (χ4n) is 4.20. The Morgan fingerprint density at radius 1 is 1.06 bits per heavy atom. The molecule has 0 amide bonds. The van der Waals surface area contributed by atoms with Crippen LogP contribution in [0.25, 0.3) is 10.4 Å². The second-order valence-corrected chi connectivity index (χ2v) is 11.7. The molecule has 0 spiro atoms. The third-order valence-electron chi connectivity index (χ3n) is 5.91. The van der Waals surface area contributed by atoms with E-state index in [4.69, 9.17) is 11.5 Å². The van der Waals surface area contributed by atoms with Crippen LogP contribution in [0.15, 0.2) is 59.6 Å². The van der Waals surface area contributed by atoms with Gasteiger partial charge in [-0.25, -0.2) is 12.8 Å². The van der Waals surface area contributed by atoms with Crippen LogP contribution >= 0.6 is 11.3 Å². The van der Waals surface area contributed by atoms with Crippen LogP contribution in [0.2, 0.25) is 0 Å². The molecule has 0 aliphatic carbocycles. The summed E-state index contributed by atoms with van der Waals surface area (Å²) >= 11 is 1.47. The van der Waals surface area contributed by atoms with Gasteiger partial charge in [0.1, 0.15) is 17.2 Å². The van der Waals surface area contributed by atoms with E-state index in [1.165, 1.54) is 36.5 Å². The summed E-state index contributed by atoms with van der Waals surface area (Å²) < 4.78 is 39.9. The lowest BCUT2D eigenvalue weighted by Gasteiger charge is -2.39. The molecule has 1 aromatic heterocycles. The molecule has 0 saturated carbocycles. The van der Waals surface area contributed by atoms with Crippen molar-refractivity contribution in [3.05, 3.63) is 76.4 Å². The van der Waals surface area contributed by atoms with Gasteiger partial charge in [-0.3, -0.25) is 4.99 Å². The SMILES string of the molecule is Cc1cc(-c2cccc(N)c2)sc1[C@]1(C)CS(=O)(=O)[C@](C)(c2ccccc2F)C(N)=N1. The van der Waals surface area contributed by atoms with Crippen LogP contribution in [0, 0.1) is 12.7 Å². The van der Waals surface area contributed by atoms with Crippen molar-refractivity contribution in [3.63, 3.8) is 0 Å². The summed E-state index contributed by atoms with van der Waals surface area (Å²) in [4.78, 5) is 6.45. The summed E-state index contributed by atoms with van der Waals surface area (Å²) in [5.74, 6) is -1.00. The van der Waals surface area contributed by atoms with Crippen molar-refractivity contribution in [2.45, 2.75) is 31.1 Å². The molecule has 1 aliphatic heterocycles. The van der Waals surface area contributed by atoms with Gasteiger partial charge in [-0.15, -0.1) is 11.3 Å². The third-order valence-corrected chi connectivity index (χ3v) is 10.1. The number of rotatable bonds is 3. The fraction of sp³-hybridized carbons (Fsp3) is 0.261. The molecular formula is C23H24FN3O2S2. The van der Waals surface area contributed by atoms with Gasteiger partial charge >= 0.3 is 0 Å². The number of benzene rings is 2. The minimum Gasteiger partial charge on any atom is -0.399 e. The van der Waals surface area contributed by atoms with E-state index in [-0.39, 0.29) is 17.2 Å². The summed E-state index contributed by atoms with van der Waals surface area (Å²) in [6.45, 7) is 5.12. The van der Waals surface area contributed by atoms with E-state index in [2.05, 4.69) is 4.99 Å². The van der Waals surface area contributed by atoms with Crippen molar-refractivity contribution >= 4 is 32.7 Å². The Kier molecular flexibility index (Phi) is 4.98. The van der Waals surface area contributed by atoms with Crippen LogP contribution < -0.4 is 11.5 Å². The highest BCUT2D eigenvalue weighted by Gasteiger charge is 2.54. The molecule has 0 saturated heterocycles. The average Bonchev–Trinajstić information content (AvgIpc) is 3.09. The maximum atomic E-state index is 14.6. The molecule has 0 unspecified atom stereocenters. The molecule has 4 rings (SSSR count). The summed E-state index contributed by atoms with van der Waals surface area (Å²) in [5.41, 5.74) is 13.7. The van der Waals surface area contributed by atoms with Gasteiger partial charge in [0.15, 0.2) is 14.6 Å². The Labute approximate surface area is 185 Å². The number of thiophene rings is 1. The Morgan fingerprint density at radius 3 is 2.42 bits per heavy atom. The Bertz CT molecular complexity index is 1320. The Morgan fingerprint density at radius 2 is 1.77 bits per heavy atom. The molecule has 31 heavy (non-hydrogen) atoms. The first-order valence-corrected chi connectivity index (χ1v) is 12.2. The number of amidine groups is 1. The summed E-state index contributed by atoms with van der Waals surface area (Å²) in [6, 6.07) is 15.3. The maximum absolute atomic E-state index is 14.6. The number of anilines is 1. The predicted octanol–water partition coefficient (Wildman–Crippen LogP) is 4.36. The van der Waals surface area contributed by atoms with E-state index < -0.39 is 25.9 Å². The van der Waals surface area contributed by atoms with Gasteiger partial charge < -0.3 is 11.5 Å². The Hall–Kier alpha value is -2.71. The standard InChI is InChI=1S/C23H24FN3O2S2/c1-14-11-19(15-7-6-8-16(25)12-15)30-20(14)22(2)13-31(28,29)23(3,21(26)27-22)17-9-4-5-10-18(17)24/h4-12H,13,25H2,1-3H3,(H2,26,27)/t22-,23+/m0/s1. The normalized spacial score (nSPS) is 25.2. The zero-order valence-electron chi connectivity index (χ0n) is 17.5. The molecule has 0 radical (unpaired) electrons. The summed E-state index contributed by atoms with van der Waals surface area (Å²) in [6.07, 6.45) is 0. The van der Waals surface area contributed by atoms with Gasteiger partial charge in [-0.1, -0.05) is 30.3 Å². The van der Waals surface area contributed by atoms with Gasteiger partial charge in [0.25, 0.3) is 0 Å². The van der Waals surface area contributed by atoms with Crippen molar-refractivity contribution < 1.29 is 12.8 Å². The van der Waals surface area contributed by atoms with Gasteiger partial charge in [0, 0.05) is 21.0 Å².